The van der Waals surface area contributed by atoms with Gasteiger partial charge in [0.1, 0.15) is 0 Å². The fourth-order valence-corrected chi connectivity index (χ4v) is 3.04. The van der Waals surface area contributed by atoms with Gasteiger partial charge in [0.25, 0.3) is 0 Å². The number of aromatic nitrogens is 1. The third-order valence-electron chi connectivity index (χ3n) is 5.00. The summed E-state index contributed by atoms with van der Waals surface area (Å²) in [5.41, 5.74) is 2.25. The van der Waals surface area contributed by atoms with Crippen molar-refractivity contribution in [3.8, 4) is 0 Å². The van der Waals surface area contributed by atoms with Crippen molar-refractivity contribution < 1.29 is 9.31 Å². The maximum atomic E-state index is 6.31. The molecule has 4 nitrogen and oxygen atoms in total. The molecule has 0 radical (unpaired) electrons. The first-order valence-electron chi connectivity index (χ1n) is 8.48. The minimum Gasteiger partial charge on any atom is -0.400 e. The molecular weight excluding hydrogens is 334 g/mol. The summed E-state index contributed by atoms with van der Waals surface area (Å²) in [6, 6.07) is 7.87. The molecule has 0 aliphatic carbocycles. The van der Waals surface area contributed by atoms with Crippen molar-refractivity contribution in [3.63, 3.8) is 0 Å². The lowest BCUT2D eigenvalue weighted by atomic mass is 9.77. The number of halogens is 1. The highest BCUT2D eigenvalue weighted by Gasteiger charge is 2.52. The zero-order valence-corrected chi connectivity index (χ0v) is 16.1. The topological polar surface area (TPSA) is 43.4 Å². The first kappa shape index (κ1) is 18.4. The maximum absolute atomic E-state index is 6.31. The molecule has 1 aliphatic heterocycles. The summed E-state index contributed by atoms with van der Waals surface area (Å²) in [6.07, 6.45) is 3.82. The van der Waals surface area contributed by atoms with Gasteiger partial charge in [0, 0.05) is 18.1 Å². The van der Waals surface area contributed by atoms with Crippen molar-refractivity contribution in [2.45, 2.75) is 38.9 Å². The van der Waals surface area contributed by atoms with E-state index in [-0.39, 0.29) is 18.3 Å². The monoisotopic (exact) mass is 358 g/mol. The van der Waals surface area contributed by atoms with Crippen molar-refractivity contribution >= 4 is 35.7 Å². The number of hydrogen-bond acceptors (Lipinski definition) is 4. The van der Waals surface area contributed by atoms with Gasteiger partial charge in [0.15, 0.2) is 0 Å². The van der Waals surface area contributed by atoms with Crippen LogP contribution in [0.1, 0.15) is 33.3 Å². The van der Waals surface area contributed by atoms with Crippen LogP contribution >= 0.6 is 11.6 Å². The Morgan fingerprint density at radius 2 is 1.88 bits per heavy atom. The number of nitrogens with one attached hydrogen (secondary N) is 1. The summed E-state index contributed by atoms with van der Waals surface area (Å²) < 4.78 is 12.4. The zero-order valence-electron chi connectivity index (χ0n) is 15.4. The standard InChI is InChI=1S/C19H24BClN2O2/c1-18(2)19(3,4)25-20(24-18)14(12-22-5)10-13-6-7-17-15(11-13)16(21)8-9-23-17/h6-11,22H,12H2,1-5H3. The number of fused-ring (bicyclic) bond motifs is 1. The first-order valence-corrected chi connectivity index (χ1v) is 8.86. The van der Waals surface area contributed by atoms with Gasteiger partial charge in [-0.15, -0.1) is 0 Å². The van der Waals surface area contributed by atoms with Crippen molar-refractivity contribution in [1.82, 2.24) is 10.3 Å². The molecule has 0 bridgehead atoms. The SMILES string of the molecule is CNCC(=Cc1ccc2nccc(Cl)c2c1)B1OC(C)(C)C(C)(C)O1. The number of hydrogen-bond donors (Lipinski definition) is 1. The van der Waals surface area contributed by atoms with Gasteiger partial charge < -0.3 is 14.6 Å². The van der Waals surface area contributed by atoms with Crippen LogP contribution in [0.3, 0.4) is 0 Å². The molecule has 25 heavy (non-hydrogen) atoms. The Morgan fingerprint density at radius 1 is 1.20 bits per heavy atom. The van der Waals surface area contributed by atoms with Gasteiger partial charge in [-0.3, -0.25) is 4.98 Å². The molecule has 0 saturated carbocycles. The van der Waals surface area contributed by atoms with E-state index in [9.17, 15) is 0 Å². The van der Waals surface area contributed by atoms with E-state index < -0.39 is 0 Å². The second-order valence-corrected chi connectivity index (χ2v) is 7.81. The van der Waals surface area contributed by atoms with Crippen molar-refractivity contribution in [2.24, 2.45) is 0 Å². The van der Waals surface area contributed by atoms with Crippen LogP contribution in [0.2, 0.25) is 5.02 Å². The molecule has 6 heteroatoms. The lowest BCUT2D eigenvalue weighted by Gasteiger charge is -2.32. The normalized spacial score (nSPS) is 19.6. The maximum Gasteiger partial charge on any atom is 0.491 e. The molecule has 0 amide bonds. The van der Waals surface area contributed by atoms with Crippen LogP contribution in [0.5, 0.6) is 0 Å². The van der Waals surface area contributed by atoms with Crippen molar-refractivity contribution in [1.29, 1.82) is 0 Å². The molecule has 0 unspecified atom stereocenters. The number of rotatable bonds is 4. The van der Waals surface area contributed by atoms with E-state index in [0.29, 0.717) is 11.6 Å². The Balaban J connectivity index is 1.97. The van der Waals surface area contributed by atoms with Gasteiger partial charge in [0.05, 0.1) is 21.7 Å². The van der Waals surface area contributed by atoms with Crippen LogP contribution in [0.25, 0.3) is 17.0 Å². The third kappa shape index (κ3) is 3.60. The van der Waals surface area contributed by atoms with Gasteiger partial charge in [-0.05, 0) is 64.0 Å². The average molecular weight is 359 g/mol. The summed E-state index contributed by atoms with van der Waals surface area (Å²) in [6.45, 7) is 8.92. The highest BCUT2D eigenvalue weighted by Crippen LogP contribution is 2.38. The van der Waals surface area contributed by atoms with Crippen molar-refractivity contribution in [2.75, 3.05) is 13.6 Å². The van der Waals surface area contributed by atoms with Crippen LogP contribution in [0.4, 0.5) is 0 Å². The summed E-state index contributed by atoms with van der Waals surface area (Å²) >= 11 is 6.31. The lowest BCUT2D eigenvalue weighted by Crippen LogP contribution is -2.41. The molecule has 132 valence electrons. The quantitative estimate of drug-likeness (QED) is 0.835. The summed E-state index contributed by atoms with van der Waals surface area (Å²) in [5.74, 6) is 0. The molecule has 1 aromatic heterocycles. The fourth-order valence-electron chi connectivity index (χ4n) is 2.84. The molecule has 1 aromatic carbocycles. The van der Waals surface area contributed by atoms with Crippen LogP contribution in [-0.2, 0) is 9.31 Å². The van der Waals surface area contributed by atoms with Crippen LogP contribution in [0.15, 0.2) is 35.9 Å². The number of pyridine rings is 1. The van der Waals surface area contributed by atoms with E-state index >= 15 is 0 Å². The predicted molar refractivity (Wildman–Crippen MR) is 105 cm³/mol. The molecule has 2 aromatic rings. The van der Waals surface area contributed by atoms with Gasteiger partial charge in [-0.25, -0.2) is 0 Å². The predicted octanol–water partition coefficient (Wildman–Crippen LogP) is 4.12. The van der Waals surface area contributed by atoms with Crippen LogP contribution in [0, 0.1) is 0 Å². The minimum absolute atomic E-state index is 0.360. The Morgan fingerprint density at radius 3 is 2.52 bits per heavy atom. The lowest BCUT2D eigenvalue weighted by molar-refractivity contribution is 0.00578. The van der Waals surface area contributed by atoms with Gasteiger partial charge >= 0.3 is 7.12 Å². The molecule has 1 aliphatic rings. The van der Waals surface area contributed by atoms with E-state index in [1.165, 1.54) is 0 Å². The van der Waals surface area contributed by atoms with E-state index in [2.05, 4.69) is 44.1 Å². The molecule has 0 spiro atoms. The van der Waals surface area contributed by atoms with E-state index in [1.54, 1.807) is 12.3 Å². The molecule has 0 atom stereocenters. The Bertz CT molecular complexity index is 804. The highest BCUT2D eigenvalue weighted by molar-refractivity contribution is 6.56. The molecule has 3 rings (SSSR count). The Labute approximate surface area is 154 Å². The third-order valence-corrected chi connectivity index (χ3v) is 5.33. The van der Waals surface area contributed by atoms with E-state index in [1.807, 2.05) is 25.2 Å². The summed E-state index contributed by atoms with van der Waals surface area (Å²) in [7, 11) is 1.54. The smallest absolute Gasteiger partial charge is 0.400 e. The minimum atomic E-state index is -0.377. The van der Waals surface area contributed by atoms with Gasteiger partial charge in [-0.2, -0.15) is 0 Å². The molecule has 1 fully saturated rings. The van der Waals surface area contributed by atoms with Crippen LogP contribution in [-0.4, -0.2) is 36.9 Å². The number of likely N-dealkylation sites (N-methyl/N-ethyl adjacent to an activating group) is 1. The van der Waals surface area contributed by atoms with E-state index in [4.69, 9.17) is 20.9 Å². The molecular formula is C19H24BClN2O2. The summed E-state index contributed by atoms with van der Waals surface area (Å²) in [4.78, 5) is 4.35. The van der Waals surface area contributed by atoms with Crippen molar-refractivity contribution in [3.05, 3.63) is 46.5 Å². The molecule has 2 heterocycles. The van der Waals surface area contributed by atoms with E-state index in [0.717, 1.165) is 21.9 Å². The molecule has 1 saturated heterocycles. The summed E-state index contributed by atoms with van der Waals surface area (Å²) in [5, 5.41) is 4.84. The Hall–Kier alpha value is -1.40. The number of nitrogens with zero attached hydrogens (tertiary/aromatic N) is 1. The number of benzene rings is 1. The largest absolute Gasteiger partial charge is 0.491 e. The molecule has 1 N–H and O–H groups in total. The van der Waals surface area contributed by atoms with Crippen LogP contribution < -0.4 is 5.32 Å². The van der Waals surface area contributed by atoms with Gasteiger partial charge in [-0.1, -0.05) is 23.7 Å². The Kier molecular flexibility index (Phi) is 4.95. The van der Waals surface area contributed by atoms with Gasteiger partial charge in [0.2, 0.25) is 0 Å². The average Bonchev–Trinajstić information content (AvgIpc) is 2.76. The second kappa shape index (κ2) is 6.73. The first-order chi connectivity index (χ1) is 11.7. The second-order valence-electron chi connectivity index (χ2n) is 7.41. The zero-order chi connectivity index (χ0) is 18.2. The highest BCUT2D eigenvalue weighted by atomic mass is 35.5. The fraction of sp³-hybridized carbons (Fsp3) is 0.421.